The quantitative estimate of drug-likeness (QED) is 0.547. The summed E-state index contributed by atoms with van der Waals surface area (Å²) in [5, 5.41) is 22.2. The summed E-state index contributed by atoms with van der Waals surface area (Å²) < 4.78 is 1.65. The van der Waals surface area contributed by atoms with Crippen LogP contribution in [0.2, 0.25) is 0 Å². The molecule has 3 N–H and O–H groups in total. The minimum absolute atomic E-state index is 0.168. The highest BCUT2D eigenvalue weighted by atomic mass is 16.4. The Labute approximate surface area is 184 Å². The maximum absolute atomic E-state index is 13.5. The Kier molecular flexibility index (Phi) is 6.20. The van der Waals surface area contributed by atoms with Gasteiger partial charge in [-0.1, -0.05) is 49.6 Å². The molecule has 0 spiro atoms. The smallest absolute Gasteiger partial charge is 0.322 e. The third-order valence-corrected chi connectivity index (χ3v) is 5.99. The van der Waals surface area contributed by atoms with Crippen molar-refractivity contribution in [2.24, 2.45) is 5.92 Å². The van der Waals surface area contributed by atoms with Gasteiger partial charge >= 0.3 is 5.97 Å². The van der Waals surface area contributed by atoms with Crippen molar-refractivity contribution in [3.05, 3.63) is 58.6 Å². The largest absolute Gasteiger partial charge is 0.505 e. The van der Waals surface area contributed by atoms with Gasteiger partial charge in [0.25, 0.3) is 11.5 Å². The van der Waals surface area contributed by atoms with Gasteiger partial charge in [-0.3, -0.25) is 14.4 Å². The third-order valence-electron chi connectivity index (χ3n) is 5.99. The molecule has 1 amide bonds. The number of carboxylic acid groups (broad SMARTS) is 1. The molecule has 2 heterocycles. The molecule has 0 unspecified atom stereocenters. The SMILES string of the molecule is O=C(O)CNC(=O)c1ncc2c(cc(-c3ccccc3)c(=O)n2CC2CCCCC2)c1O. The first-order chi connectivity index (χ1) is 15.5. The van der Waals surface area contributed by atoms with Gasteiger partial charge in [0.1, 0.15) is 6.54 Å². The van der Waals surface area contributed by atoms with Crippen LogP contribution in [0.3, 0.4) is 0 Å². The second-order valence-electron chi connectivity index (χ2n) is 8.17. The monoisotopic (exact) mass is 435 g/mol. The van der Waals surface area contributed by atoms with E-state index in [2.05, 4.69) is 10.3 Å². The number of pyridine rings is 2. The van der Waals surface area contributed by atoms with E-state index in [0.29, 0.717) is 34.5 Å². The minimum atomic E-state index is -1.20. The van der Waals surface area contributed by atoms with Crippen LogP contribution in [0, 0.1) is 5.92 Å². The lowest BCUT2D eigenvalue weighted by molar-refractivity contribution is -0.135. The number of rotatable bonds is 6. The van der Waals surface area contributed by atoms with Crippen molar-refractivity contribution in [3.8, 4) is 16.9 Å². The average Bonchev–Trinajstić information content (AvgIpc) is 2.80. The van der Waals surface area contributed by atoms with E-state index in [9.17, 15) is 19.5 Å². The van der Waals surface area contributed by atoms with E-state index in [-0.39, 0.29) is 17.0 Å². The molecule has 1 aromatic carbocycles. The van der Waals surface area contributed by atoms with Crippen LogP contribution in [-0.2, 0) is 11.3 Å². The maximum atomic E-state index is 13.5. The fourth-order valence-corrected chi connectivity index (χ4v) is 4.36. The zero-order valence-corrected chi connectivity index (χ0v) is 17.6. The molecule has 4 rings (SSSR count). The number of aromatic nitrogens is 2. The Balaban J connectivity index is 1.87. The van der Waals surface area contributed by atoms with Gasteiger partial charge < -0.3 is 20.1 Å². The molecular formula is C24H25N3O5. The number of hydrogen-bond donors (Lipinski definition) is 3. The normalized spacial score (nSPS) is 14.4. The van der Waals surface area contributed by atoms with Crippen molar-refractivity contribution in [1.29, 1.82) is 0 Å². The summed E-state index contributed by atoms with van der Waals surface area (Å²) in [6.07, 6.45) is 6.95. The van der Waals surface area contributed by atoms with Gasteiger partial charge in [-0.15, -0.1) is 0 Å². The molecule has 0 saturated heterocycles. The Morgan fingerprint density at radius 2 is 1.84 bits per heavy atom. The van der Waals surface area contributed by atoms with Gasteiger partial charge in [-0.05, 0) is 30.4 Å². The average molecular weight is 435 g/mol. The molecule has 32 heavy (non-hydrogen) atoms. The highest BCUT2D eigenvalue weighted by Crippen LogP contribution is 2.31. The number of amides is 1. The van der Waals surface area contributed by atoms with Crippen LogP contribution in [0.1, 0.15) is 42.6 Å². The van der Waals surface area contributed by atoms with Gasteiger partial charge in [0.05, 0.1) is 11.7 Å². The van der Waals surface area contributed by atoms with Crippen molar-refractivity contribution in [2.45, 2.75) is 38.6 Å². The number of carbonyl (C=O) groups is 2. The molecular weight excluding hydrogens is 410 g/mol. The van der Waals surface area contributed by atoms with Gasteiger partial charge in [-0.2, -0.15) is 0 Å². The van der Waals surface area contributed by atoms with Crippen molar-refractivity contribution in [2.75, 3.05) is 6.54 Å². The lowest BCUT2D eigenvalue weighted by Gasteiger charge is -2.24. The van der Waals surface area contributed by atoms with Crippen LogP contribution < -0.4 is 10.9 Å². The highest BCUT2D eigenvalue weighted by molar-refractivity contribution is 6.02. The van der Waals surface area contributed by atoms with E-state index in [0.717, 1.165) is 25.7 Å². The van der Waals surface area contributed by atoms with Gasteiger partial charge in [-0.25, -0.2) is 4.98 Å². The molecule has 1 aliphatic rings. The number of carboxylic acids is 1. The maximum Gasteiger partial charge on any atom is 0.322 e. The fraction of sp³-hybridized carbons (Fsp3) is 0.333. The van der Waals surface area contributed by atoms with Crippen molar-refractivity contribution >= 4 is 22.8 Å². The zero-order valence-electron chi connectivity index (χ0n) is 17.6. The molecule has 3 aromatic rings. The van der Waals surface area contributed by atoms with Crippen LogP contribution >= 0.6 is 0 Å². The lowest BCUT2D eigenvalue weighted by atomic mass is 9.89. The summed E-state index contributed by atoms with van der Waals surface area (Å²) in [4.78, 5) is 40.7. The molecule has 8 nitrogen and oxygen atoms in total. The summed E-state index contributed by atoms with van der Waals surface area (Å²) in [5.74, 6) is -2.01. The summed E-state index contributed by atoms with van der Waals surface area (Å²) >= 11 is 0. The number of carbonyl (C=O) groups excluding carboxylic acids is 1. The lowest BCUT2D eigenvalue weighted by Crippen LogP contribution is -2.30. The van der Waals surface area contributed by atoms with Crippen LogP contribution in [0.4, 0.5) is 0 Å². The second-order valence-corrected chi connectivity index (χ2v) is 8.17. The van der Waals surface area contributed by atoms with E-state index < -0.39 is 18.4 Å². The summed E-state index contributed by atoms with van der Waals surface area (Å²) in [5.41, 5.74) is 1.14. The number of nitrogens with zero attached hydrogens (tertiary/aromatic N) is 2. The summed E-state index contributed by atoms with van der Waals surface area (Å²) in [7, 11) is 0. The molecule has 1 saturated carbocycles. The first-order valence-electron chi connectivity index (χ1n) is 10.8. The number of nitrogens with one attached hydrogen (secondary N) is 1. The third kappa shape index (κ3) is 4.34. The van der Waals surface area contributed by atoms with Crippen LogP contribution in [0.15, 0.2) is 47.4 Å². The molecule has 0 aliphatic heterocycles. The molecule has 0 bridgehead atoms. The van der Waals surface area contributed by atoms with Crippen LogP contribution in [0.25, 0.3) is 22.0 Å². The fourth-order valence-electron chi connectivity index (χ4n) is 4.36. The standard InChI is InChI=1S/C24H25N3O5/c28-20(29)13-26-23(31)21-22(30)18-11-17(16-9-5-2-6-10-16)24(32)27(19(18)12-25-21)14-15-7-3-1-4-8-15/h2,5-6,9-12,15,30H,1,3-4,7-8,13-14H2,(H,26,31)(H,28,29). The number of aliphatic carboxylic acids is 1. The van der Waals surface area contributed by atoms with Gasteiger partial charge in [0.2, 0.25) is 0 Å². The molecule has 8 heteroatoms. The molecule has 0 atom stereocenters. The zero-order chi connectivity index (χ0) is 22.7. The molecule has 0 radical (unpaired) electrons. The molecule has 1 fully saturated rings. The Morgan fingerprint density at radius 1 is 1.12 bits per heavy atom. The van der Waals surface area contributed by atoms with Crippen LogP contribution in [0.5, 0.6) is 5.75 Å². The second kappa shape index (κ2) is 9.21. The van der Waals surface area contributed by atoms with Gasteiger partial charge in [0.15, 0.2) is 11.4 Å². The van der Waals surface area contributed by atoms with Crippen LogP contribution in [-0.4, -0.2) is 38.2 Å². The number of fused-ring (bicyclic) bond motifs is 1. The van der Waals surface area contributed by atoms with E-state index >= 15 is 0 Å². The Bertz CT molecular complexity index is 1210. The number of benzene rings is 1. The van der Waals surface area contributed by atoms with E-state index in [4.69, 9.17) is 5.11 Å². The Hall–Kier alpha value is -3.68. The van der Waals surface area contributed by atoms with Crippen molar-refractivity contribution < 1.29 is 19.8 Å². The van der Waals surface area contributed by atoms with E-state index in [1.54, 1.807) is 10.6 Å². The predicted octanol–water partition coefficient (Wildman–Crippen LogP) is 3.16. The first kappa shape index (κ1) is 21.5. The first-order valence-corrected chi connectivity index (χ1v) is 10.8. The van der Waals surface area contributed by atoms with Crippen molar-refractivity contribution in [1.82, 2.24) is 14.9 Å². The highest BCUT2D eigenvalue weighted by Gasteiger charge is 2.22. The molecule has 166 valence electrons. The summed E-state index contributed by atoms with van der Waals surface area (Å²) in [6, 6.07) is 10.8. The molecule has 2 aromatic heterocycles. The van der Waals surface area contributed by atoms with Gasteiger partial charge in [0, 0.05) is 17.5 Å². The number of hydrogen-bond acceptors (Lipinski definition) is 5. The predicted molar refractivity (Wildman–Crippen MR) is 120 cm³/mol. The van der Waals surface area contributed by atoms with E-state index in [1.807, 2.05) is 30.3 Å². The summed E-state index contributed by atoms with van der Waals surface area (Å²) in [6.45, 7) is -0.0733. The Morgan fingerprint density at radius 3 is 2.53 bits per heavy atom. The van der Waals surface area contributed by atoms with Crippen molar-refractivity contribution in [3.63, 3.8) is 0 Å². The van der Waals surface area contributed by atoms with E-state index in [1.165, 1.54) is 12.6 Å². The number of aromatic hydroxyl groups is 1. The minimum Gasteiger partial charge on any atom is -0.505 e. The topological polar surface area (TPSA) is 122 Å². The molecule has 1 aliphatic carbocycles.